The van der Waals surface area contributed by atoms with Gasteiger partial charge in [-0.2, -0.15) is 0 Å². The van der Waals surface area contributed by atoms with Crippen LogP contribution in [0.5, 0.6) is 5.75 Å². The maximum atomic E-state index is 11.8. The van der Waals surface area contributed by atoms with Gasteiger partial charge in [-0.05, 0) is 42.9 Å². The average Bonchev–Trinajstić information content (AvgIpc) is 2.85. The van der Waals surface area contributed by atoms with Crippen LogP contribution < -0.4 is 10.1 Å². The van der Waals surface area contributed by atoms with E-state index < -0.39 is 9.84 Å². The largest absolute Gasteiger partial charge is 0.497 e. The monoisotopic (exact) mass is 325 g/mol. The molecule has 1 unspecified atom stereocenters. The van der Waals surface area contributed by atoms with Gasteiger partial charge in [-0.1, -0.05) is 12.1 Å². The Kier molecular flexibility index (Phi) is 5.83. The van der Waals surface area contributed by atoms with Crippen LogP contribution in [-0.2, 0) is 21.1 Å². The van der Waals surface area contributed by atoms with E-state index in [-0.39, 0.29) is 23.3 Å². The summed E-state index contributed by atoms with van der Waals surface area (Å²) in [6, 6.07) is 7.76. The van der Waals surface area contributed by atoms with Crippen molar-refractivity contribution in [2.24, 2.45) is 5.92 Å². The summed E-state index contributed by atoms with van der Waals surface area (Å²) in [5.41, 5.74) is 1.14. The van der Waals surface area contributed by atoms with Gasteiger partial charge in [0.25, 0.3) is 0 Å². The summed E-state index contributed by atoms with van der Waals surface area (Å²) in [5.74, 6) is 1.48. The zero-order valence-electron chi connectivity index (χ0n) is 12.9. The molecule has 1 aromatic rings. The molecule has 2 rings (SSSR count). The fourth-order valence-corrected chi connectivity index (χ4v) is 4.57. The van der Waals surface area contributed by atoms with Crippen molar-refractivity contribution >= 4 is 15.7 Å². The van der Waals surface area contributed by atoms with E-state index >= 15 is 0 Å². The molecule has 0 aromatic heterocycles. The summed E-state index contributed by atoms with van der Waals surface area (Å²) in [5, 5.41) is 2.88. The molecule has 1 heterocycles. The zero-order chi connectivity index (χ0) is 16.0. The molecule has 1 N–H and O–H groups in total. The number of nitrogens with one attached hydrogen (secondary N) is 1. The number of carbonyl (C=O) groups is 1. The van der Waals surface area contributed by atoms with E-state index in [1.807, 2.05) is 24.3 Å². The first-order valence-electron chi connectivity index (χ1n) is 7.58. The van der Waals surface area contributed by atoms with Crippen molar-refractivity contribution in [2.45, 2.75) is 25.7 Å². The van der Waals surface area contributed by atoms with E-state index in [4.69, 9.17) is 4.74 Å². The van der Waals surface area contributed by atoms with Gasteiger partial charge >= 0.3 is 0 Å². The number of hydrogen-bond donors (Lipinski definition) is 1. The van der Waals surface area contributed by atoms with Gasteiger partial charge in [-0.25, -0.2) is 8.42 Å². The summed E-state index contributed by atoms with van der Waals surface area (Å²) in [4.78, 5) is 11.8. The van der Waals surface area contributed by atoms with Gasteiger partial charge in [0.1, 0.15) is 5.75 Å². The van der Waals surface area contributed by atoms with Crippen molar-refractivity contribution in [3.63, 3.8) is 0 Å². The first kappa shape index (κ1) is 16.8. The number of methoxy groups -OCH3 is 1. The number of benzene rings is 1. The second-order valence-corrected chi connectivity index (χ2v) is 7.98. The van der Waals surface area contributed by atoms with Crippen LogP contribution in [0.2, 0.25) is 0 Å². The van der Waals surface area contributed by atoms with Crippen LogP contribution in [0.4, 0.5) is 0 Å². The maximum absolute atomic E-state index is 11.8. The van der Waals surface area contributed by atoms with Gasteiger partial charge in [0.2, 0.25) is 5.91 Å². The molecule has 1 amide bonds. The van der Waals surface area contributed by atoms with Crippen LogP contribution in [0.3, 0.4) is 0 Å². The van der Waals surface area contributed by atoms with Gasteiger partial charge in [-0.3, -0.25) is 4.79 Å². The Bertz CT molecular complexity index is 595. The molecule has 0 bridgehead atoms. The first-order valence-corrected chi connectivity index (χ1v) is 9.41. The zero-order valence-corrected chi connectivity index (χ0v) is 13.7. The van der Waals surface area contributed by atoms with Crippen LogP contribution >= 0.6 is 0 Å². The van der Waals surface area contributed by atoms with Crippen molar-refractivity contribution in [1.82, 2.24) is 5.32 Å². The highest BCUT2D eigenvalue weighted by Crippen LogP contribution is 2.22. The fraction of sp³-hybridized carbons (Fsp3) is 0.562. The Hall–Kier alpha value is -1.56. The van der Waals surface area contributed by atoms with Gasteiger partial charge in [0.05, 0.1) is 18.6 Å². The molecule has 0 aliphatic carbocycles. The second kappa shape index (κ2) is 7.63. The minimum absolute atomic E-state index is 0.00203. The third-order valence-corrected chi connectivity index (χ3v) is 5.84. The Morgan fingerprint density at radius 2 is 2.05 bits per heavy atom. The molecule has 6 heteroatoms. The highest BCUT2D eigenvalue weighted by molar-refractivity contribution is 7.91. The lowest BCUT2D eigenvalue weighted by molar-refractivity contribution is -0.121. The van der Waals surface area contributed by atoms with Crippen LogP contribution in [0.25, 0.3) is 0 Å². The molecule has 1 fully saturated rings. The van der Waals surface area contributed by atoms with Crippen LogP contribution in [0.15, 0.2) is 24.3 Å². The number of rotatable bonds is 7. The number of ether oxygens (including phenoxy) is 1. The van der Waals surface area contributed by atoms with Crippen molar-refractivity contribution in [2.75, 3.05) is 25.2 Å². The Morgan fingerprint density at radius 1 is 1.32 bits per heavy atom. The smallest absolute Gasteiger partial charge is 0.220 e. The molecule has 0 spiro atoms. The summed E-state index contributed by atoms with van der Waals surface area (Å²) < 4.78 is 27.8. The molecule has 122 valence electrons. The van der Waals surface area contributed by atoms with Crippen molar-refractivity contribution in [3.8, 4) is 5.75 Å². The third kappa shape index (κ3) is 5.33. The normalized spacial score (nSPS) is 19.8. The Balaban J connectivity index is 1.63. The number of sulfone groups is 1. The summed E-state index contributed by atoms with van der Waals surface area (Å²) in [6.07, 6.45) is 2.53. The topological polar surface area (TPSA) is 72.5 Å². The first-order chi connectivity index (χ1) is 10.5. The molecule has 1 atom stereocenters. The van der Waals surface area contributed by atoms with E-state index in [1.54, 1.807) is 7.11 Å². The molecule has 0 saturated carbocycles. The molecule has 1 aliphatic heterocycles. The predicted octanol–water partition coefficient (Wildman–Crippen LogP) is 1.57. The van der Waals surface area contributed by atoms with E-state index in [2.05, 4.69) is 5.32 Å². The van der Waals surface area contributed by atoms with Gasteiger partial charge < -0.3 is 10.1 Å². The Morgan fingerprint density at radius 3 is 2.64 bits per heavy atom. The van der Waals surface area contributed by atoms with E-state index in [1.165, 1.54) is 0 Å². The van der Waals surface area contributed by atoms with Crippen LogP contribution in [0, 0.1) is 5.92 Å². The van der Waals surface area contributed by atoms with Crippen molar-refractivity contribution < 1.29 is 17.9 Å². The fourth-order valence-electron chi connectivity index (χ4n) is 2.66. The summed E-state index contributed by atoms with van der Waals surface area (Å²) in [7, 11) is -1.21. The minimum atomic E-state index is -2.84. The molecule has 22 heavy (non-hydrogen) atoms. The van der Waals surface area contributed by atoms with Crippen molar-refractivity contribution in [1.29, 1.82) is 0 Å². The third-order valence-electron chi connectivity index (χ3n) is 4.00. The molecular formula is C16H23NO4S. The van der Waals surface area contributed by atoms with Gasteiger partial charge in [-0.15, -0.1) is 0 Å². The minimum Gasteiger partial charge on any atom is -0.497 e. The molecule has 0 radical (unpaired) electrons. The maximum Gasteiger partial charge on any atom is 0.220 e. The number of amides is 1. The molecule has 1 aliphatic rings. The molecule has 1 aromatic carbocycles. The molecule has 1 saturated heterocycles. The van der Waals surface area contributed by atoms with Gasteiger partial charge in [0.15, 0.2) is 9.84 Å². The van der Waals surface area contributed by atoms with Crippen LogP contribution in [0.1, 0.15) is 24.8 Å². The van der Waals surface area contributed by atoms with E-state index in [9.17, 15) is 13.2 Å². The SMILES string of the molecule is COc1ccc(CCNC(=O)CCC2CCS(=O)(=O)C2)cc1. The van der Waals surface area contributed by atoms with Gasteiger partial charge in [0, 0.05) is 13.0 Å². The second-order valence-electron chi connectivity index (χ2n) is 5.76. The lowest BCUT2D eigenvalue weighted by Gasteiger charge is -2.08. The average molecular weight is 325 g/mol. The van der Waals surface area contributed by atoms with E-state index in [0.29, 0.717) is 25.8 Å². The van der Waals surface area contributed by atoms with Crippen molar-refractivity contribution in [3.05, 3.63) is 29.8 Å². The summed E-state index contributed by atoms with van der Waals surface area (Å²) >= 11 is 0. The van der Waals surface area contributed by atoms with Crippen LogP contribution in [-0.4, -0.2) is 39.5 Å². The highest BCUT2D eigenvalue weighted by atomic mass is 32.2. The standard InChI is InChI=1S/C16H23NO4S/c1-21-15-5-2-13(3-6-15)8-10-17-16(18)7-4-14-9-11-22(19,20)12-14/h2-3,5-6,14H,4,7-12H2,1H3,(H,17,18). The number of hydrogen-bond acceptors (Lipinski definition) is 4. The Labute approximate surface area is 132 Å². The lowest BCUT2D eigenvalue weighted by Crippen LogP contribution is -2.26. The molecule has 5 nitrogen and oxygen atoms in total. The summed E-state index contributed by atoms with van der Waals surface area (Å²) in [6.45, 7) is 0.591. The molecular weight excluding hydrogens is 302 g/mol. The van der Waals surface area contributed by atoms with E-state index in [0.717, 1.165) is 17.7 Å². The lowest BCUT2D eigenvalue weighted by atomic mass is 10.0. The highest BCUT2D eigenvalue weighted by Gasteiger charge is 2.27. The predicted molar refractivity (Wildman–Crippen MR) is 85.7 cm³/mol. The number of carbonyl (C=O) groups excluding carboxylic acids is 1. The quantitative estimate of drug-likeness (QED) is 0.826.